The molecule has 0 spiro atoms. The van der Waals surface area contributed by atoms with Crippen molar-refractivity contribution in [3.8, 4) is 0 Å². The van der Waals surface area contributed by atoms with E-state index in [1.54, 1.807) is 4.90 Å². The van der Waals surface area contributed by atoms with E-state index >= 15 is 0 Å². The predicted octanol–water partition coefficient (Wildman–Crippen LogP) is 1.09. The molecule has 2 rings (SSSR count). The molecule has 0 bridgehead atoms. The number of amides is 1. The number of likely N-dealkylation sites (N-methyl/N-ethyl adjacent to an activating group) is 1. The Hall–Kier alpha value is -0.650. The van der Waals surface area contributed by atoms with Gasteiger partial charge >= 0.3 is 0 Å². The molecule has 0 radical (unpaired) electrons. The average molecular weight is 297 g/mol. The zero-order valence-electron chi connectivity index (χ0n) is 14.0. The summed E-state index contributed by atoms with van der Waals surface area (Å²) < 4.78 is 5.78. The maximum atomic E-state index is 11.7. The van der Waals surface area contributed by atoms with Crippen LogP contribution in [-0.4, -0.2) is 73.7 Å². The lowest BCUT2D eigenvalue weighted by Gasteiger charge is -2.39. The Labute approximate surface area is 129 Å². The standard InChI is InChI=1S/C16H31N3O2/c1-16(2)11-14(7-10-21-16)17-13-5-8-19(9-6-13)12-15(20)18(3)4/h13-14,17H,5-12H2,1-4H3. The number of hydrogen-bond donors (Lipinski definition) is 1. The van der Waals surface area contributed by atoms with Crippen LogP contribution in [0.5, 0.6) is 0 Å². The van der Waals surface area contributed by atoms with Gasteiger partial charge in [-0.3, -0.25) is 9.69 Å². The van der Waals surface area contributed by atoms with Gasteiger partial charge in [0, 0.05) is 45.9 Å². The van der Waals surface area contributed by atoms with Crippen LogP contribution in [0.25, 0.3) is 0 Å². The first-order valence-corrected chi connectivity index (χ1v) is 8.18. The molecular formula is C16H31N3O2. The topological polar surface area (TPSA) is 44.8 Å². The van der Waals surface area contributed by atoms with Gasteiger partial charge in [-0.25, -0.2) is 0 Å². The van der Waals surface area contributed by atoms with Gasteiger partial charge < -0.3 is 15.0 Å². The molecule has 5 heteroatoms. The molecule has 0 aromatic carbocycles. The van der Waals surface area contributed by atoms with E-state index in [0.29, 0.717) is 18.6 Å². The average Bonchev–Trinajstić information content (AvgIpc) is 2.39. The van der Waals surface area contributed by atoms with Crippen molar-refractivity contribution in [1.29, 1.82) is 0 Å². The number of nitrogens with one attached hydrogen (secondary N) is 1. The van der Waals surface area contributed by atoms with Crippen LogP contribution >= 0.6 is 0 Å². The molecule has 21 heavy (non-hydrogen) atoms. The second-order valence-corrected chi connectivity index (χ2v) is 7.30. The van der Waals surface area contributed by atoms with Crippen LogP contribution in [0.15, 0.2) is 0 Å². The summed E-state index contributed by atoms with van der Waals surface area (Å²) in [5, 5.41) is 3.81. The summed E-state index contributed by atoms with van der Waals surface area (Å²) in [6.45, 7) is 7.81. The lowest BCUT2D eigenvalue weighted by molar-refractivity contribution is -0.130. The third-order valence-electron chi connectivity index (χ3n) is 4.61. The van der Waals surface area contributed by atoms with Gasteiger partial charge in [-0.2, -0.15) is 0 Å². The molecule has 2 fully saturated rings. The fourth-order valence-electron chi connectivity index (χ4n) is 3.30. The highest BCUT2D eigenvalue weighted by Crippen LogP contribution is 2.25. The molecule has 1 unspecified atom stereocenters. The van der Waals surface area contributed by atoms with Crippen molar-refractivity contribution in [1.82, 2.24) is 15.1 Å². The van der Waals surface area contributed by atoms with Crippen LogP contribution in [0.2, 0.25) is 0 Å². The second kappa shape index (κ2) is 7.07. The largest absolute Gasteiger partial charge is 0.375 e. The molecular weight excluding hydrogens is 266 g/mol. The highest BCUT2D eigenvalue weighted by atomic mass is 16.5. The van der Waals surface area contributed by atoms with Crippen molar-refractivity contribution in [2.45, 2.75) is 57.2 Å². The Morgan fingerprint density at radius 3 is 2.48 bits per heavy atom. The summed E-state index contributed by atoms with van der Waals surface area (Å²) in [7, 11) is 3.65. The number of rotatable bonds is 4. The third-order valence-corrected chi connectivity index (χ3v) is 4.61. The Morgan fingerprint density at radius 2 is 1.90 bits per heavy atom. The molecule has 1 N–H and O–H groups in total. The van der Waals surface area contributed by atoms with E-state index in [1.807, 2.05) is 14.1 Å². The van der Waals surface area contributed by atoms with E-state index in [1.165, 1.54) is 0 Å². The van der Waals surface area contributed by atoms with Crippen molar-refractivity contribution in [3.63, 3.8) is 0 Å². The SMILES string of the molecule is CN(C)C(=O)CN1CCC(NC2CCOC(C)(C)C2)CC1. The van der Waals surface area contributed by atoms with Crippen molar-refractivity contribution >= 4 is 5.91 Å². The zero-order chi connectivity index (χ0) is 15.5. The summed E-state index contributed by atoms with van der Waals surface area (Å²) in [5.74, 6) is 0.201. The number of nitrogens with zero attached hydrogens (tertiary/aromatic N) is 2. The van der Waals surface area contributed by atoms with Gasteiger partial charge in [0.1, 0.15) is 0 Å². The van der Waals surface area contributed by atoms with Crippen LogP contribution in [0.1, 0.15) is 39.5 Å². The molecule has 2 aliphatic rings. The molecule has 2 heterocycles. The minimum atomic E-state index is 0.00868. The number of likely N-dealkylation sites (tertiary alicyclic amines) is 1. The Balaban J connectivity index is 1.70. The maximum Gasteiger partial charge on any atom is 0.236 e. The monoisotopic (exact) mass is 297 g/mol. The van der Waals surface area contributed by atoms with E-state index in [-0.39, 0.29) is 11.5 Å². The molecule has 0 aromatic rings. The van der Waals surface area contributed by atoms with Crippen molar-refractivity contribution in [2.24, 2.45) is 0 Å². The first-order valence-electron chi connectivity index (χ1n) is 8.18. The molecule has 0 aliphatic carbocycles. The minimum absolute atomic E-state index is 0.00868. The lowest BCUT2D eigenvalue weighted by Crippen LogP contribution is -2.51. The van der Waals surface area contributed by atoms with Crippen LogP contribution in [0.4, 0.5) is 0 Å². The van der Waals surface area contributed by atoms with Crippen LogP contribution < -0.4 is 5.32 Å². The first-order chi connectivity index (χ1) is 9.85. The summed E-state index contributed by atoms with van der Waals surface area (Å²) in [4.78, 5) is 15.7. The van der Waals surface area contributed by atoms with E-state index in [0.717, 1.165) is 45.4 Å². The third kappa shape index (κ3) is 5.24. The number of hydrogen-bond acceptors (Lipinski definition) is 4. The van der Waals surface area contributed by atoms with Crippen LogP contribution in [0.3, 0.4) is 0 Å². The number of carbonyl (C=O) groups excluding carboxylic acids is 1. The first kappa shape index (κ1) is 16.7. The maximum absolute atomic E-state index is 11.7. The normalized spacial score (nSPS) is 27.5. The van der Waals surface area contributed by atoms with Gasteiger partial charge in [0.2, 0.25) is 5.91 Å². The smallest absolute Gasteiger partial charge is 0.236 e. The van der Waals surface area contributed by atoms with Gasteiger partial charge in [0.15, 0.2) is 0 Å². The molecule has 1 amide bonds. The minimum Gasteiger partial charge on any atom is -0.375 e. The van der Waals surface area contributed by atoms with Gasteiger partial charge in [0.05, 0.1) is 12.1 Å². The van der Waals surface area contributed by atoms with Gasteiger partial charge in [-0.1, -0.05) is 0 Å². The summed E-state index contributed by atoms with van der Waals surface area (Å²) >= 11 is 0. The summed E-state index contributed by atoms with van der Waals surface area (Å²) in [6.07, 6.45) is 4.48. The van der Waals surface area contributed by atoms with Crippen LogP contribution in [-0.2, 0) is 9.53 Å². The fourth-order valence-corrected chi connectivity index (χ4v) is 3.30. The number of piperidine rings is 1. The van der Waals surface area contributed by atoms with E-state index < -0.39 is 0 Å². The second-order valence-electron chi connectivity index (χ2n) is 7.30. The Morgan fingerprint density at radius 1 is 1.24 bits per heavy atom. The molecule has 0 aromatic heterocycles. The molecule has 2 saturated heterocycles. The molecule has 122 valence electrons. The quantitative estimate of drug-likeness (QED) is 0.843. The zero-order valence-corrected chi connectivity index (χ0v) is 14.0. The molecule has 5 nitrogen and oxygen atoms in total. The Kier molecular flexibility index (Phi) is 5.63. The highest BCUT2D eigenvalue weighted by Gasteiger charge is 2.31. The van der Waals surface area contributed by atoms with E-state index in [2.05, 4.69) is 24.1 Å². The summed E-state index contributed by atoms with van der Waals surface area (Å²) in [5.41, 5.74) is 0.00868. The van der Waals surface area contributed by atoms with Crippen molar-refractivity contribution in [3.05, 3.63) is 0 Å². The van der Waals surface area contributed by atoms with Gasteiger partial charge in [0.25, 0.3) is 0 Å². The fraction of sp³-hybridized carbons (Fsp3) is 0.938. The molecule has 0 saturated carbocycles. The van der Waals surface area contributed by atoms with E-state index in [4.69, 9.17) is 4.74 Å². The molecule has 2 aliphatic heterocycles. The number of ether oxygens (including phenoxy) is 1. The Bertz CT molecular complexity index is 349. The lowest BCUT2D eigenvalue weighted by atomic mass is 9.92. The van der Waals surface area contributed by atoms with Crippen LogP contribution in [0, 0.1) is 0 Å². The van der Waals surface area contributed by atoms with E-state index in [9.17, 15) is 4.79 Å². The van der Waals surface area contributed by atoms with Crippen molar-refractivity contribution in [2.75, 3.05) is 40.3 Å². The predicted molar refractivity (Wildman–Crippen MR) is 84.3 cm³/mol. The molecule has 1 atom stereocenters. The van der Waals surface area contributed by atoms with Gasteiger partial charge in [-0.05, 0) is 39.5 Å². The van der Waals surface area contributed by atoms with Crippen molar-refractivity contribution < 1.29 is 9.53 Å². The highest BCUT2D eigenvalue weighted by molar-refractivity contribution is 5.77. The van der Waals surface area contributed by atoms with Gasteiger partial charge in [-0.15, -0.1) is 0 Å². The summed E-state index contributed by atoms with van der Waals surface area (Å²) in [6, 6.07) is 1.17. The number of carbonyl (C=O) groups is 1.